The van der Waals surface area contributed by atoms with E-state index in [4.69, 9.17) is 14.2 Å². The van der Waals surface area contributed by atoms with E-state index in [0.29, 0.717) is 30.5 Å². The van der Waals surface area contributed by atoms with Crippen LogP contribution in [0, 0.1) is 0 Å². The van der Waals surface area contributed by atoms with E-state index in [-0.39, 0.29) is 10.5 Å². The first kappa shape index (κ1) is 17.1. The molecule has 0 spiro atoms. The number of amides is 1. The van der Waals surface area contributed by atoms with Gasteiger partial charge in [-0.25, -0.2) is 8.42 Å². The number of hydrogen-bond donors (Lipinski definition) is 2. The predicted molar refractivity (Wildman–Crippen MR) is 88.2 cm³/mol. The standard InChI is InChI=1S/C16H16N2O6S/c1-22-12-3-5-13(6-4-12)25(20,21)18-17-16(19)11-2-7-14-15(10-11)24-9-8-23-14/h2-7,10,18H,8-9H2,1H3,(H,17,19). The van der Waals surface area contributed by atoms with Crippen molar-refractivity contribution in [1.29, 1.82) is 0 Å². The van der Waals surface area contributed by atoms with Gasteiger partial charge in [0, 0.05) is 5.56 Å². The highest BCUT2D eigenvalue weighted by Crippen LogP contribution is 2.30. The Bertz CT molecular complexity index is 880. The van der Waals surface area contributed by atoms with Crippen molar-refractivity contribution in [3.05, 3.63) is 48.0 Å². The fraction of sp³-hybridized carbons (Fsp3) is 0.188. The summed E-state index contributed by atoms with van der Waals surface area (Å²) in [5.41, 5.74) is 2.41. The zero-order valence-corrected chi connectivity index (χ0v) is 14.1. The molecule has 0 aromatic heterocycles. The van der Waals surface area contributed by atoms with Crippen LogP contribution in [0.25, 0.3) is 0 Å². The molecule has 2 N–H and O–H groups in total. The van der Waals surface area contributed by atoms with E-state index < -0.39 is 15.9 Å². The molecule has 1 aliphatic rings. The minimum atomic E-state index is -3.90. The quantitative estimate of drug-likeness (QED) is 0.770. The predicted octanol–water partition coefficient (Wildman–Crippen LogP) is 1.09. The Morgan fingerprint density at radius 3 is 2.40 bits per heavy atom. The maximum atomic E-state index is 12.2. The topological polar surface area (TPSA) is 103 Å². The van der Waals surface area contributed by atoms with Gasteiger partial charge in [0.25, 0.3) is 15.9 Å². The van der Waals surface area contributed by atoms with Crippen molar-refractivity contribution >= 4 is 15.9 Å². The molecule has 0 radical (unpaired) electrons. The third-order valence-corrected chi connectivity index (χ3v) is 4.74. The molecule has 0 fully saturated rings. The van der Waals surface area contributed by atoms with Gasteiger partial charge in [-0.05, 0) is 42.5 Å². The first-order valence-electron chi connectivity index (χ1n) is 7.35. The number of nitrogens with one attached hydrogen (secondary N) is 2. The smallest absolute Gasteiger partial charge is 0.266 e. The van der Waals surface area contributed by atoms with Crippen molar-refractivity contribution in [3.8, 4) is 17.2 Å². The Morgan fingerprint density at radius 2 is 1.72 bits per heavy atom. The second kappa shape index (κ2) is 6.99. The van der Waals surface area contributed by atoms with Crippen molar-refractivity contribution in [3.63, 3.8) is 0 Å². The number of benzene rings is 2. The molecule has 2 aromatic rings. The number of fused-ring (bicyclic) bond motifs is 1. The maximum Gasteiger partial charge on any atom is 0.266 e. The number of sulfonamides is 1. The molecule has 0 saturated carbocycles. The van der Waals surface area contributed by atoms with Gasteiger partial charge in [0.05, 0.1) is 12.0 Å². The van der Waals surface area contributed by atoms with Crippen molar-refractivity contribution in [2.45, 2.75) is 4.90 Å². The molecular formula is C16H16N2O6S. The fourth-order valence-electron chi connectivity index (χ4n) is 2.18. The van der Waals surface area contributed by atoms with Gasteiger partial charge >= 0.3 is 0 Å². The maximum absolute atomic E-state index is 12.2. The Labute approximate surface area is 144 Å². The van der Waals surface area contributed by atoms with Crippen LogP contribution in [0.5, 0.6) is 17.2 Å². The Balaban J connectivity index is 1.68. The second-order valence-electron chi connectivity index (χ2n) is 5.09. The lowest BCUT2D eigenvalue weighted by molar-refractivity contribution is 0.0944. The third-order valence-electron chi connectivity index (χ3n) is 3.47. The minimum absolute atomic E-state index is 0.00391. The van der Waals surface area contributed by atoms with E-state index in [2.05, 4.69) is 10.3 Å². The molecule has 0 unspecified atom stereocenters. The zero-order valence-electron chi connectivity index (χ0n) is 13.3. The van der Waals surface area contributed by atoms with Crippen LogP contribution in [0.2, 0.25) is 0 Å². The SMILES string of the molecule is COc1ccc(S(=O)(=O)NNC(=O)c2ccc3c(c2)OCCO3)cc1. The summed E-state index contributed by atoms with van der Waals surface area (Å²) in [5, 5.41) is 0. The number of hydrazine groups is 1. The molecule has 3 rings (SSSR count). The normalized spacial score (nSPS) is 13.2. The van der Waals surface area contributed by atoms with Crippen molar-refractivity contribution in [2.75, 3.05) is 20.3 Å². The summed E-state index contributed by atoms with van der Waals surface area (Å²) in [6.07, 6.45) is 0. The summed E-state index contributed by atoms with van der Waals surface area (Å²) < 4.78 is 40.1. The van der Waals surface area contributed by atoms with Crippen LogP contribution in [-0.2, 0) is 10.0 Å². The van der Waals surface area contributed by atoms with Crippen LogP contribution >= 0.6 is 0 Å². The van der Waals surface area contributed by atoms with Crippen LogP contribution in [0.1, 0.15) is 10.4 Å². The molecule has 0 saturated heterocycles. The fourth-order valence-corrected chi connectivity index (χ4v) is 3.02. The number of carbonyl (C=O) groups excluding carboxylic acids is 1. The Hall–Kier alpha value is -2.78. The van der Waals surface area contributed by atoms with E-state index in [1.54, 1.807) is 6.07 Å². The molecule has 132 valence electrons. The van der Waals surface area contributed by atoms with E-state index in [0.717, 1.165) is 0 Å². The number of ether oxygens (including phenoxy) is 3. The first-order chi connectivity index (χ1) is 12.0. The molecule has 9 heteroatoms. The molecule has 0 atom stereocenters. The average Bonchev–Trinajstić information content (AvgIpc) is 2.65. The third kappa shape index (κ3) is 3.83. The Morgan fingerprint density at radius 1 is 1.04 bits per heavy atom. The van der Waals surface area contributed by atoms with E-state index in [9.17, 15) is 13.2 Å². The first-order valence-corrected chi connectivity index (χ1v) is 8.84. The van der Waals surface area contributed by atoms with Gasteiger partial charge in [-0.2, -0.15) is 0 Å². The van der Waals surface area contributed by atoms with E-state index in [1.165, 1.54) is 43.5 Å². The summed E-state index contributed by atoms with van der Waals surface area (Å²) in [5.74, 6) is 0.895. The molecule has 1 amide bonds. The average molecular weight is 364 g/mol. The van der Waals surface area contributed by atoms with Crippen molar-refractivity contribution in [2.24, 2.45) is 0 Å². The lowest BCUT2D eigenvalue weighted by Crippen LogP contribution is -2.41. The highest BCUT2D eigenvalue weighted by molar-refractivity contribution is 7.89. The molecule has 2 aromatic carbocycles. The molecule has 8 nitrogen and oxygen atoms in total. The van der Waals surface area contributed by atoms with Gasteiger partial charge in [-0.1, -0.05) is 0 Å². The number of rotatable bonds is 5. The lowest BCUT2D eigenvalue weighted by Gasteiger charge is -2.18. The van der Waals surface area contributed by atoms with Gasteiger partial charge in [0.1, 0.15) is 19.0 Å². The zero-order chi connectivity index (χ0) is 17.9. The van der Waals surface area contributed by atoms with Gasteiger partial charge < -0.3 is 14.2 Å². The molecule has 0 bridgehead atoms. The van der Waals surface area contributed by atoms with Gasteiger partial charge in [0.15, 0.2) is 11.5 Å². The summed E-state index contributed by atoms with van der Waals surface area (Å²) >= 11 is 0. The van der Waals surface area contributed by atoms with Crippen molar-refractivity contribution in [1.82, 2.24) is 10.3 Å². The van der Waals surface area contributed by atoms with Crippen LogP contribution in [0.4, 0.5) is 0 Å². The highest BCUT2D eigenvalue weighted by Gasteiger charge is 2.18. The molecule has 0 aliphatic carbocycles. The van der Waals surface area contributed by atoms with Crippen molar-refractivity contribution < 1.29 is 27.4 Å². The Kier molecular flexibility index (Phi) is 4.77. The summed E-state index contributed by atoms with van der Waals surface area (Å²) in [4.78, 5) is 14.2. The molecular weight excluding hydrogens is 348 g/mol. The molecule has 1 heterocycles. The second-order valence-corrected chi connectivity index (χ2v) is 6.78. The monoisotopic (exact) mass is 364 g/mol. The molecule has 25 heavy (non-hydrogen) atoms. The number of methoxy groups -OCH3 is 1. The largest absolute Gasteiger partial charge is 0.497 e. The summed E-state index contributed by atoms with van der Waals surface area (Å²) in [6, 6.07) is 10.4. The minimum Gasteiger partial charge on any atom is -0.497 e. The van der Waals surface area contributed by atoms with Crippen LogP contribution < -0.4 is 24.5 Å². The van der Waals surface area contributed by atoms with Gasteiger partial charge in [-0.3, -0.25) is 10.2 Å². The van der Waals surface area contributed by atoms with Gasteiger partial charge in [-0.15, -0.1) is 4.83 Å². The summed E-state index contributed by atoms with van der Waals surface area (Å²) in [7, 11) is -2.42. The van der Waals surface area contributed by atoms with Gasteiger partial charge in [0.2, 0.25) is 0 Å². The van der Waals surface area contributed by atoms with Crippen LogP contribution in [-0.4, -0.2) is 34.6 Å². The van der Waals surface area contributed by atoms with Crippen LogP contribution in [0.15, 0.2) is 47.4 Å². The lowest BCUT2D eigenvalue weighted by atomic mass is 10.2. The van der Waals surface area contributed by atoms with Crippen LogP contribution in [0.3, 0.4) is 0 Å². The number of carbonyl (C=O) groups is 1. The van der Waals surface area contributed by atoms with E-state index >= 15 is 0 Å². The number of hydrogen-bond acceptors (Lipinski definition) is 6. The molecule has 1 aliphatic heterocycles. The van der Waals surface area contributed by atoms with E-state index in [1.807, 2.05) is 0 Å². The summed E-state index contributed by atoms with van der Waals surface area (Å²) in [6.45, 7) is 0.836. The highest BCUT2D eigenvalue weighted by atomic mass is 32.2.